The van der Waals surface area contributed by atoms with Crippen molar-refractivity contribution < 1.29 is 10.0 Å². The van der Waals surface area contributed by atoms with Gasteiger partial charge in [0.2, 0.25) is 0 Å². The fraction of sp³-hybridized carbons (Fsp3) is 0.222. The van der Waals surface area contributed by atoms with Crippen LogP contribution in [-0.2, 0) is 0 Å². The molecule has 2 aromatic rings. The summed E-state index contributed by atoms with van der Waals surface area (Å²) in [6.45, 7) is 0. The second-order valence-electron chi connectivity index (χ2n) is 6.18. The molecule has 3 unspecified atom stereocenters. The van der Waals surface area contributed by atoms with Crippen molar-refractivity contribution in [2.24, 2.45) is 5.92 Å². The van der Waals surface area contributed by atoms with Crippen molar-refractivity contribution in [3.63, 3.8) is 0 Å². The molecule has 1 aliphatic carbocycles. The van der Waals surface area contributed by atoms with Gasteiger partial charge in [-0.25, -0.2) is 0 Å². The SMILES string of the molecule is O=[N+]([O-])c1ccc(O)c(C2Nc3c(Br)cccc3C3C=CCC32)c1. The maximum Gasteiger partial charge on any atom is 0.270 e. The van der Waals surface area contributed by atoms with Crippen LogP contribution in [-0.4, -0.2) is 10.0 Å². The third-order valence-corrected chi connectivity index (χ3v) is 5.56. The molecule has 2 aliphatic rings. The molecule has 0 amide bonds. The van der Waals surface area contributed by atoms with Crippen molar-refractivity contribution in [3.8, 4) is 5.75 Å². The lowest BCUT2D eigenvalue weighted by molar-refractivity contribution is -0.385. The molecule has 5 nitrogen and oxygen atoms in total. The highest BCUT2D eigenvalue weighted by Crippen LogP contribution is 2.52. The van der Waals surface area contributed by atoms with Gasteiger partial charge in [-0.1, -0.05) is 24.3 Å². The zero-order valence-electron chi connectivity index (χ0n) is 12.6. The van der Waals surface area contributed by atoms with E-state index in [1.54, 1.807) is 0 Å². The molecule has 0 radical (unpaired) electrons. The van der Waals surface area contributed by atoms with Crippen molar-refractivity contribution in [2.45, 2.75) is 18.4 Å². The van der Waals surface area contributed by atoms with E-state index in [1.165, 1.54) is 23.8 Å². The predicted molar refractivity (Wildman–Crippen MR) is 95.3 cm³/mol. The highest BCUT2D eigenvalue weighted by molar-refractivity contribution is 9.10. The van der Waals surface area contributed by atoms with Crippen molar-refractivity contribution in [2.75, 3.05) is 5.32 Å². The van der Waals surface area contributed by atoms with Crippen LogP contribution < -0.4 is 5.32 Å². The van der Waals surface area contributed by atoms with Crippen molar-refractivity contribution in [1.29, 1.82) is 0 Å². The first-order valence-corrected chi connectivity index (χ1v) is 8.54. The minimum Gasteiger partial charge on any atom is -0.508 e. The molecule has 6 heteroatoms. The summed E-state index contributed by atoms with van der Waals surface area (Å²) in [7, 11) is 0. The van der Waals surface area contributed by atoms with Crippen LogP contribution in [0.15, 0.2) is 53.0 Å². The average Bonchev–Trinajstić information content (AvgIpc) is 3.05. The Kier molecular flexibility index (Phi) is 3.57. The van der Waals surface area contributed by atoms with Gasteiger partial charge in [-0.3, -0.25) is 10.1 Å². The number of nitrogens with zero attached hydrogens (tertiary/aromatic N) is 1. The molecular formula is C18H15BrN2O3. The molecule has 0 bridgehead atoms. The first-order chi connectivity index (χ1) is 11.6. The van der Waals surface area contributed by atoms with E-state index in [2.05, 4.69) is 39.5 Å². The van der Waals surface area contributed by atoms with E-state index in [4.69, 9.17) is 0 Å². The van der Waals surface area contributed by atoms with Gasteiger partial charge in [0.1, 0.15) is 5.75 Å². The number of anilines is 1. The van der Waals surface area contributed by atoms with Gasteiger partial charge in [-0.15, -0.1) is 0 Å². The minimum absolute atomic E-state index is 0.00923. The molecule has 2 aromatic carbocycles. The molecule has 122 valence electrons. The number of fused-ring (bicyclic) bond motifs is 3. The van der Waals surface area contributed by atoms with E-state index in [0.717, 1.165) is 16.6 Å². The smallest absolute Gasteiger partial charge is 0.270 e. The molecule has 0 fully saturated rings. The fourth-order valence-corrected chi connectivity index (χ4v) is 4.29. The molecular weight excluding hydrogens is 372 g/mol. The third-order valence-electron chi connectivity index (χ3n) is 4.90. The number of halogens is 1. The number of allylic oxidation sites excluding steroid dienone is 2. The Labute approximate surface area is 147 Å². The number of rotatable bonds is 2. The van der Waals surface area contributed by atoms with Crippen molar-refractivity contribution >= 4 is 27.3 Å². The van der Waals surface area contributed by atoms with Gasteiger partial charge in [0, 0.05) is 28.1 Å². The molecule has 4 rings (SSSR count). The normalized spacial score (nSPS) is 24.1. The number of hydrogen-bond donors (Lipinski definition) is 2. The van der Waals surface area contributed by atoms with Crippen LogP contribution in [0, 0.1) is 16.0 Å². The van der Waals surface area contributed by atoms with E-state index in [1.807, 2.05) is 12.1 Å². The number of aromatic hydroxyl groups is 1. The number of nitro benzene ring substituents is 1. The van der Waals surface area contributed by atoms with E-state index in [-0.39, 0.29) is 29.3 Å². The second kappa shape index (κ2) is 5.63. The van der Waals surface area contributed by atoms with E-state index < -0.39 is 4.92 Å². The summed E-state index contributed by atoms with van der Waals surface area (Å²) >= 11 is 3.58. The van der Waals surface area contributed by atoms with Gasteiger partial charge in [-0.2, -0.15) is 0 Å². The molecule has 0 aromatic heterocycles. The molecule has 24 heavy (non-hydrogen) atoms. The minimum atomic E-state index is -0.431. The first kappa shape index (κ1) is 15.2. The number of phenolic OH excluding ortho intramolecular Hbond substituents is 1. The lowest BCUT2D eigenvalue weighted by Gasteiger charge is -2.38. The molecule has 0 saturated carbocycles. The lowest BCUT2D eigenvalue weighted by atomic mass is 9.77. The zero-order valence-corrected chi connectivity index (χ0v) is 14.2. The number of phenols is 1. The third kappa shape index (κ3) is 2.29. The van der Waals surface area contributed by atoms with Gasteiger partial charge in [-0.05, 0) is 46.0 Å². The number of benzene rings is 2. The van der Waals surface area contributed by atoms with Gasteiger partial charge in [0.05, 0.1) is 16.7 Å². The molecule has 0 spiro atoms. The molecule has 2 N–H and O–H groups in total. The molecule has 3 atom stereocenters. The van der Waals surface area contributed by atoms with Crippen LogP contribution in [0.5, 0.6) is 5.75 Å². The number of nitrogens with one attached hydrogen (secondary N) is 1. The summed E-state index contributed by atoms with van der Waals surface area (Å²) in [5, 5.41) is 24.9. The summed E-state index contributed by atoms with van der Waals surface area (Å²) in [5.74, 6) is 0.543. The predicted octanol–water partition coefficient (Wildman–Crippen LogP) is 4.89. The number of para-hydroxylation sites is 1. The van der Waals surface area contributed by atoms with Crippen LogP contribution in [0.1, 0.15) is 29.5 Å². The Hall–Kier alpha value is -2.34. The number of hydrogen-bond acceptors (Lipinski definition) is 4. The zero-order chi connectivity index (χ0) is 16.8. The highest BCUT2D eigenvalue weighted by Gasteiger charge is 2.39. The highest BCUT2D eigenvalue weighted by atomic mass is 79.9. The maximum absolute atomic E-state index is 11.1. The monoisotopic (exact) mass is 386 g/mol. The van der Waals surface area contributed by atoms with E-state index in [0.29, 0.717) is 5.56 Å². The number of nitro groups is 1. The van der Waals surface area contributed by atoms with Crippen LogP contribution >= 0.6 is 15.9 Å². The fourth-order valence-electron chi connectivity index (χ4n) is 3.80. The molecule has 1 aliphatic heterocycles. The summed E-state index contributed by atoms with van der Waals surface area (Å²) in [6.07, 6.45) is 5.21. The Balaban J connectivity index is 1.84. The van der Waals surface area contributed by atoms with Crippen molar-refractivity contribution in [3.05, 3.63) is 74.3 Å². The van der Waals surface area contributed by atoms with E-state index >= 15 is 0 Å². The number of non-ortho nitro benzene ring substituents is 1. The van der Waals surface area contributed by atoms with Gasteiger partial charge < -0.3 is 10.4 Å². The second-order valence-corrected chi connectivity index (χ2v) is 7.03. The largest absolute Gasteiger partial charge is 0.508 e. The Morgan fingerprint density at radius 1 is 1.25 bits per heavy atom. The van der Waals surface area contributed by atoms with Crippen LogP contribution in [0.25, 0.3) is 0 Å². The average molecular weight is 387 g/mol. The quantitative estimate of drug-likeness (QED) is 0.437. The summed E-state index contributed by atoms with van der Waals surface area (Å²) in [5.41, 5.74) is 2.76. The van der Waals surface area contributed by atoms with Crippen molar-refractivity contribution in [1.82, 2.24) is 0 Å². The van der Waals surface area contributed by atoms with Crippen LogP contribution in [0.2, 0.25) is 0 Å². The van der Waals surface area contributed by atoms with Crippen LogP contribution in [0.4, 0.5) is 11.4 Å². The summed E-state index contributed by atoms with van der Waals surface area (Å²) in [4.78, 5) is 10.7. The summed E-state index contributed by atoms with van der Waals surface area (Å²) < 4.78 is 0.952. The summed E-state index contributed by atoms with van der Waals surface area (Å²) in [6, 6.07) is 10.1. The standard InChI is InChI=1S/C18H15BrN2O3/c19-15-6-2-5-13-11-3-1-4-12(11)17(20-18(13)15)14-9-10(21(23)24)7-8-16(14)22/h1-3,5-9,11-12,17,20,22H,4H2. The molecule has 0 saturated heterocycles. The first-order valence-electron chi connectivity index (χ1n) is 7.75. The van der Waals surface area contributed by atoms with Gasteiger partial charge in [0.25, 0.3) is 5.69 Å². The topological polar surface area (TPSA) is 75.4 Å². The molecule has 1 heterocycles. The Bertz CT molecular complexity index is 865. The van der Waals surface area contributed by atoms with Gasteiger partial charge in [0.15, 0.2) is 0 Å². The van der Waals surface area contributed by atoms with Gasteiger partial charge >= 0.3 is 0 Å². The van der Waals surface area contributed by atoms with Crippen LogP contribution in [0.3, 0.4) is 0 Å². The lowest BCUT2D eigenvalue weighted by Crippen LogP contribution is -2.29. The van der Waals surface area contributed by atoms with E-state index in [9.17, 15) is 15.2 Å². The Morgan fingerprint density at radius 2 is 2.08 bits per heavy atom. The maximum atomic E-state index is 11.1. The Morgan fingerprint density at radius 3 is 2.88 bits per heavy atom.